The van der Waals surface area contributed by atoms with E-state index in [9.17, 15) is 22.9 Å². The number of nitrogens with one attached hydrogen (secondary N) is 1. The van der Waals surface area contributed by atoms with E-state index >= 15 is 0 Å². The largest absolute Gasteiger partial charge is 0.306 e. The lowest BCUT2D eigenvalue weighted by molar-refractivity contribution is -0.387. The number of sulfonamides is 1. The first-order chi connectivity index (χ1) is 8.81. The van der Waals surface area contributed by atoms with Crippen LogP contribution in [0.2, 0.25) is 0 Å². The fraction of sp³-hybridized carbons (Fsp3) is 0.455. The molecule has 0 bridgehead atoms. The number of nitrogens with zero attached hydrogens (tertiary/aromatic N) is 1. The first-order valence-corrected chi connectivity index (χ1v) is 7.26. The van der Waals surface area contributed by atoms with E-state index in [1.54, 1.807) is 0 Å². The third kappa shape index (κ3) is 2.74. The molecule has 0 aliphatic heterocycles. The van der Waals surface area contributed by atoms with E-state index in [4.69, 9.17) is 0 Å². The predicted molar refractivity (Wildman–Crippen MR) is 65.8 cm³/mol. The van der Waals surface area contributed by atoms with E-state index in [0.717, 1.165) is 31.4 Å². The number of benzene rings is 1. The second-order valence-electron chi connectivity index (χ2n) is 4.58. The summed E-state index contributed by atoms with van der Waals surface area (Å²) in [4.78, 5) is 9.48. The van der Waals surface area contributed by atoms with Crippen molar-refractivity contribution in [3.63, 3.8) is 0 Å². The Morgan fingerprint density at radius 3 is 2.53 bits per heavy atom. The van der Waals surface area contributed by atoms with Crippen LogP contribution < -0.4 is 4.72 Å². The molecular weight excluding hydrogens is 275 g/mol. The number of aryl methyl sites for hydroxylation is 1. The quantitative estimate of drug-likeness (QED) is 0.676. The van der Waals surface area contributed by atoms with E-state index in [0.29, 0.717) is 0 Å². The SMILES string of the molecule is Cc1cc(F)c([N+](=O)[O-])cc1S(=O)(=O)NC1CCC1. The van der Waals surface area contributed by atoms with Gasteiger partial charge >= 0.3 is 5.69 Å². The number of halogens is 1. The van der Waals surface area contributed by atoms with Gasteiger partial charge in [0.15, 0.2) is 0 Å². The molecule has 0 spiro atoms. The van der Waals surface area contributed by atoms with Gasteiger partial charge in [-0.25, -0.2) is 13.1 Å². The summed E-state index contributed by atoms with van der Waals surface area (Å²) in [5, 5.41) is 10.7. The van der Waals surface area contributed by atoms with Crippen LogP contribution in [0, 0.1) is 22.9 Å². The van der Waals surface area contributed by atoms with Gasteiger partial charge in [-0.1, -0.05) is 6.42 Å². The summed E-state index contributed by atoms with van der Waals surface area (Å²) in [6.45, 7) is 1.40. The summed E-state index contributed by atoms with van der Waals surface area (Å²) < 4.78 is 40.0. The second-order valence-corrected chi connectivity index (χ2v) is 6.26. The molecular formula is C11H13FN2O4S. The van der Waals surface area contributed by atoms with Gasteiger partial charge in [-0.3, -0.25) is 10.1 Å². The zero-order valence-electron chi connectivity index (χ0n) is 10.2. The van der Waals surface area contributed by atoms with Crippen LogP contribution in [0.3, 0.4) is 0 Å². The molecule has 1 aliphatic carbocycles. The minimum atomic E-state index is -3.84. The molecule has 8 heteroatoms. The predicted octanol–water partition coefficient (Wildman–Crippen LogP) is 1.87. The van der Waals surface area contributed by atoms with E-state index in [2.05, 4.69) is 4.72 Å². The number of hydrogen-bond acceptors (Lipinski definition) is 4. The van der Waals surface area contributed by atoms with Crippen LogP contribution in [0.4, 0.5) is 10.1 Å². The van der Waals surface area contributed by atoms with Gasteiger partial charge in [0.1, 0.15) is 0 Å². The molecule has 1 aromatic carbocycles. The smallest absolute Gasteiger partial charge is 0.258 e. The fourth-order valence-corrected chi connectivity index (χ4v) is 3.43. The van der Waals surface area contributed by atoms with Crippen LogP contribution in [0.15, 0.2) is 17.0 Å². The van der Waals surface area contributed by atoms with Crippen molar-refractivity contribution in [3.05, 3.63) is 33.6 Å². The Morgan fingerprint density at radius 2 is 2.05 bits per heavy atom. The van der Waals surface area contributed by atoms with Crippen LogP contribution in [-0.4, -0.2) is 19.4 Å². The van der Waals surface area contributed by atoms with Crippen LogP contribution in [0.1, 0.15) is 24.8 Å². The lowest BCUT2D eigenvalue weighted by Gasteiger charge is -2.26. The number of nitro groups is 1. The fourth-order valence-electron chi connectivity index (χ4n) is 1.88. The topological polar surface area (TPSA) is 89.3 Å². The third-order valence-electron chi connectivity index (χ3n) is 3.16. The number of rotatable bonds is 4. The molecule has 0 unspecified atom stereocenters. The highest BCUT2D eigenvalue weighted by molar-refractivity contribution is 7.89. The molecule has 0 atom stereocenters. The van der Waals surface area contributed by atoms with Crippen molar-refractivity contribution in [3.8, 4) is 0 Å². The molecule has 6 nitrogen and oxygen atoms in total. The van der Waals surface area contributed by atoms with E-state index in [1.165, 1.54) is 6.92 Å². The average Bonchev–Trinajstić information content (AvgIpc) is 2.22. The molecule has 0 aromatic heterocycles. The van der Waals surface area contributed by atoms with Crippen LogP contribution in [0.5, 0.6) is 0 Å². The standard InChI is InChI=1S/C11H13FN2O4S/c1-7-5-9(12)10(14(15)16)6-11(7)19(17,18)13-8-3-2-4-8/h5-6,8,13H,2-4H2,1H3. The summed E-state index contributed by atoms with van der Waals surface area (Å²) >= 11 is 0. The summed E-state index contributed by atoms with van der Waals surface area (Å²) in [5.41, 5.74) is -0.686. The molecule has 19 heavy (non-hydrogen) atoms. The third-order valence-corrected chi connectivity index (χ3v) is 4.82. The average molecular weight is 288 g/mol. The Bertz CT molecular complexity index is 626. The normalized spacial score (nSPS) is 16.1. The summed E-state index contributed by atoms with van der Waals surface area (Å²) in [5.74, 6) is -1.04. The summed E-state index contributed by atoms with van der Waals surface area (Å²) in [6.07, 6.45) is 2.46. The molecule has 1 aromatic rings. The van der Waals surface area contributed by atoms with Gasteiger partial charge in [-0.2, -0.15) is 4.39 Å². The van der Waals surface area contributed by atoms with E-state index in [-0.39, 0.29) is 16.5 Å². The zero-order chi connectivity index (χ0) is 14.2. The molecule has 1 saturated carbocycles. The number of nitro benzene ring substituents is 1. The number of hydrogen-bond donors (Lipinski definition) is 1. The molecule has 0 saturated heterocycles. The highest BCUT2D eigenvalue weighted by atomic mass is 32.2. The first-order valence-electron chi connectivity index (χ1n) is 5.78. The van der Waals surface area contributed by atoms with Gasteiger partial charge in [0, 0.05) is 12.1 Å². The maximum Gasteiger partial charge on any atom is 0.306 e. The van der Waals surface area contributed by atoms with Crippen LogP contribution >= 0.6 is 0 Å². The van der Waals surface area contributed by atoms with Crippen LogP contribution in [-0.2, 0) is 10.0 Å². The van der Waals surface area contributed by atoms with Gasteiger partial charge in [-0.05, 0) is 31.4 Å². The highest BCUT2D eigenvalue weighted by Gasteiger charge is 2.28. The molecule has 0 heterocycles. The zero-order valence-corrected chi connectivity index (χ0v) is 11.0. The maximum atomic E-state index is 13.4. The minimum absolute atomic E-state index is 0.131. The van der Waals surface area contributed by atoms with Gasteiger partial charge in [0.05, 0.1) is 9.82 Å². The Morgan fingerprint density at radius 1 is 1.42 bits per heavy atom. The van der Waals surface area contributed by atoms with Crippen molar-refractivity contribution in [1.29, 1.82) is 0 Å². The van der Waals surface area contributed by atoms with Crippen molar-refractivity contribution in [2.24, 2.45) is 0 Å². The Balaban J connectivity index is 2.43. The molecule has 0 radical (unpaired) electrons. The molecule has 104 valence electrons. The molecule has 2 rings (SSSR count). The molecule has 0 amide bonds. The molecule has 1 N–H and O–H groups in total. The van der Waals surface area contributed by atoms with E-state index in [1.807, 2.05) is 0 Å². The summed E-state index contributed by atoms with van der Waals surface area (Å²) in [7, 11) is -3.84. The lowest BCUT2D eigenvalue weighted by atomic mass is 9.94. The van der Waals surface area contributed by atoms with Gasteiger partial charge in [0.2, 0.25) is 15.8 Å². The lowest BCUT2D eigenvalue weighted by Crippen LogP contribution is -2.39. The van der Waals surface area contributed by atoms with Crippen LogP contribution in [0.25, 0.3) is 0 Å². The monoisotopic (exact) mass is 288 g/mol. The van der Waals surface area contributed by atoms with E-state index < -0.39 is 26.5 Å². The highest BCUT2D eigenvalue weighted by Crippen LogP contribution is 2.27. The summed E-state index contributed by atoms with van der Waals surface area (Å²) in [6, 6.07) is 1.51. The van der Waals surface area contributed by atoms with Crippen molar-refractivity contribution in [1.82, 2.24) is 4.72 Å². The van der Waals surface area contributed by atoms with Crippen molar-refractivity contribution < 1.29 is 17.7 Å². The maximum absolute atomic E-state index is 13.4. The van der Waals surface area contributed by atoms with Gasteiger partial charge in [0.25, 0.3) is 0 Å². The Labute approximate surface area is 109 Å². The van der Waals surface area contributed by atoms with Gasteiger partial charge in [-0.15, -0.1) is 0 Å². The molecule has 1 aliphatic rings. The van der Waals surface area contributed by atoms with Crippen molar-refractivity contribution in [2.45, 2.75) is 37.1 Å². The van der Waals surface area contributed by atoms with Crippen molar-refractivity contribution >= 4 is 15.7 Å². The Hall–Kier alpha value is -1.54. The minimum Gasteiger partial charge on any atom is -0.258 e. The second kappa shape index (κ2) is 4.86. The van der Waals surface area contributed by atoms with Gasteiger partial charge < -0.3 is 0 Å². The molecule has 1 fully saturated rings. The van der Waals surface area contributed by atoms with Crippen molar-refractivity contribution in [2.75, 3.05) is 0 Å². The first kappa shape index (κ1) is 13.9. The Kier molecular flexibility index (Phi) is 3.55.